The Morgan fingerprint density at radius 1 is 1.44 bits per heavy atom. The van der Waals surface area contributed by atoms with E-state index in [0.29, 0.717) is 5.70 Å². The molecule has 0 rings (SSSR count). The molecular formula is C12H15NO3. The van der Waals surface area contributed by atoms with Gasteiger partial charge in [-0.2, -0.15) is 0 Å². The third kappa shape index (κ3) is 3.28. The minimum atomic E-state index is -1.10. The van der Waals surface area contributed by atoms with Crippen LogP contribution in [0.4, 0.5) is 0 Å². The van der Waals surface area contributed by atoms with Gasteiger partial charge in [-0.3, -0.25) is 9.69 Å². The standard InChI is InChI=1S/C12H15NO3/c1-5-8-10(6-2)13(11(14)7-3)9(4)12(15)16/h3,5-6,8-9H,1-2,4H3,(H,15,16)/b8-5-,10-6+. The molecule has 0 aliphatic rings. The van der Waals surface area contributed by atoms with Gasteiger partial charge in [-0.1, -0.05) is 12.2 Å². The summed E-state index contributed by atoms with van der Waals surface area (Å²) in [6, 6.07) is -0.994. The predicted molar refractivity (Wildman–Crippen MR) is 61.3 cm³/mol. The Labute approximate surface area is 95.3 Å². The lowest BCUT2D eigenvalue weighted by molar-refractivity contribution is -0.145. The van der Waals surface area contributed by atoms with Gasteiger partial charge < -0.3 is 5.11 Å². The average molecular weight is 221 g/mol. The van der Waals surface area contributed by atoms with Crippen LogP contribution in [0.25, 0.3) is 0 Å². The fourth-order valence-electron chi connectivity index (χ4n) is 1.18. The molecule has 0 aliphatic heterocycles. The van der Waals surface area contributed by atoms with Crippen LogP contribution >= 0.6 is 0 Å². The summed E-state index contributed by atoms with van der Waals surface area (Å²) in [6.07, 6.45) is 9.99. The Balaban J connectivity index is 5.33. The highest BCUT2D eigenvalue weighted by Crippen LogP contribution is 2.12. The Hall–Kier alpha value is -2.02. The molecule has 0 spiro atoms. The summed E-state index contributed by atoms with van der Waals surface area (Å²) >= 11 is 0. The fourth-order valence-corrected chi connectivity index (χ4v) is 1.18. The lowest BCUT2D eigenvalue weighted by atomic mass is 10.2. The van der Waals surface area contributed by atoms with Gasteiger partial charge in [0.15, 0.2) is 0 Å². The second-order valence-electron chi connectivity index (χ2n) is 3.05. The molecule has 16 heavy (non-hydrogen) atoms. The van der Waals surface area contributed by atoms with Gasteiger partial charge in [0.1, 0.15) is 6.04 Å². The topological polar surface area (TPSA) is 57.6 Å². The SMILES string of the molecule is C#CC(=O)N(C(/C=C\C)=C/C)C(C)C(=O)O. The van der Waals surface area contributed by atoms with Crippen LogP contribution in [0.2, 0.25) is 0 Å². The maximum atomic E-state index is 11.5. The van der Waals surface area contributed by atoms with E-state index in [2.05, 4.69) is 0 Å². The van der Waals surface area contributed by atoms with Crippen LogP contribution in [0, 0.1) is 12.3 Å². The molecule has 0 bridgehead atoms. The number of aliphatic carboxylic acids is 1. The Kier molecular flexibility index (Phi) is 5.65. The minimum Gasteiger partial charge on any atom is -0.480 e. The van der Waals surface area contributed by atoms with Crippen LogP contribution in [0.15, 0.2) is 23.9 Å². The summed E-state index contributed by atoms with van der Waals surface area (Å²) in [4.78, 5) is 23.4. The Morgan fingerprint density at radius 3 is 2.31 bits per heavy atom. The Bertz CT molecular complexity index is 374. The number of amides is 1. The normalized spacial score (nSPS) is 13.2. The first-order chi connectivity index (χ1) is 7.49. The number of rotatable bonds is 4. The van der Waals surface area contributed by atoms with E-state index in [0.717, 1.165) is 4.90 Å². The molecule has 86 valence electrons. The molecule has 0 aromatic rings. The van der Waals surface area contributed by atoms with Crippen molar-refractivity contribution in [3.63, 3.8) is 0 Å². The predicted octanol–water partition coefficient (Wildman–Crippen LogP) is 1.40. The molecule has 0 saturated heterocycles. The fraction of sp³-hybridized carbons (Fsp3) is 0.333. The summed E-state index contributed by atoms with van der Waals surface area (Å²) in [5.74, 6) is 0.153. The number of nitrogens with zero attached hydrogens (tertiary/aromatic N) is 1. The van der Waals surface area contributed by atoms with Gasteiger partial charge in [-0.05, 0) is 32.8 Å². The van der Waals surface area contributed by atoms with Crippen molar-refractivity contribution in [2.45, 2.75) is 26.8 Å². The summed E-state index contributed by atoms with van der Waals surface area (Å²) in [5.41, 5.74) is 0.473. The third-order valence-electron chi connectivity index (χ3n) is 2.00. The van der Waals surface area contributed by atoms with Gasteiger partial charge in [0.2, 0.25) is 0 Å². The van der Waals surface area contributed by atoms with Crippen molar-refractivity contribution in [1.82, 2.24) is 4.90 Å². The number of carbonyl (C=O) groups is 2. The molecule has 4 nitrogen and oxygen atoms in total. The average Bonchev–Trinajstić information content (AvgIpc) is 2.27. The largest absolute Gasteiger partial charge is 0.480 e. The number of allylic oxidation sites excluding steroid dienone is 3. The van der Waals surface area contributed by atoms with Gasteiger partial charge >= 0.3 is 11.9 Å². The first kappa shape index (κ1) is 14.0. The van der Waals surface area contributed by atoms with Crippen molar-refractivity contribution >= 4 is 11.9 Å². The zero-order chi connectivity index (χ0) is 12.7. The highest BCUT2D eigenvalue weighted by Gasteiger charge is 2.26. The van der Waals surface area contributed by atoms with E-state index in [1.54, 1.807) is 32.1 Å². The minimum absolute atomic E-state index is 0.473. The quantitative estimate of drug-likeness (QED) is 0.576. The van der Waals surface area contributed by atoms with Crippen LogP contribution in [0.5, 0.6) is 0 Å². The number of hydrogen-bond acceptors (Lipinski definition) is 2. The Morgan fingerprint density at radius 2 is 2.00 bits per heavy atom. The summed E-state index contributed by atoms with van der Waals surface area (Å²) < 4.78 is 0. The van der Waals surface area contributed by atoms with E-state index < -0.39 is 17.9 Å². The molecule has 0 aromatic carbocycles. The van der Waals surface area contributed by atoms with Crippen LogP contribution in [0.3, 0.4) is 0 Å². The van der Waals surface area contributed by atoms with Crippen molar-refractivity contribution < 1.29 is 14.7 Å². The summed E-state index contributed by atoms with van der Waals surface area (Å²) in [7, 11) is 0. The monoisotopic (exact) mass is 221 g/mol. The van der Waals surface area contributed by atoms with E-state index in [1.165, 1.54) is 6.92 Å². The zero-order valence-corrected chi connectivity index (χ0v) is 9.60. The maximum Gasteiger partial charge on any atom is 0.326 e. The molecule has 4 heteroatoms. The number of hydrogen-bond donors (Lipinski definition) is 1. The van der Waals surface area contributed by atoms with Crippen LogP contribution in [-0.4, -0.2) is 27.9 Å². The highest BCUT2D eigenvalue weighted by molar-refractivity contribution is 5.97. The second kappa shape index (κ2) is 6.46. The van der Waals surface area contributed by atoms with E-state index in [9.17, 15) is 9.59 Å². The maximum absolute atomic E-state index is 11.5. The molecule has 0 radical (unpaired) electrons. The molecule has 1 amide bonds. The van der Waals surface area contributed by atoms with Gasteiger partial charge in [0.05, 0.1) is 0 Å². The van der Waals surface area contributed by atoms with Gasteiger partial charge in [0.25, 0.3) is 0 Å². The molecule has 1 unspecified atom stereocenters. The van der Waals surface area contributed by atoms with E-state index in [-0.39, 0.29) is 0 Å². The molecule has 0 aromatic heterocycles. The molecule has 0 fully saturated rings. The van der Waals surface area contributed by atoms with Crippen molar-refractivity contribution in [2.75, 3.05) is 0 Å². The lowest BCUT2D eigenvalue weighted by Crippen LogP contribution is -2.41. The van der Waals surface area contributed by atoms with Crippen molar-refractivity contribution in [3.05, 3.63) is 23.9 Å². The number of terminal acetylenes is 1. The van der Waals surface area contributed by atoms with Crippen molar-refractivity contribution in [3.8, 4) is 12.3 Å². The molecular weight excluding hydrogens is 206 g/mol. The number of carboxylic acids is 1. The number of carboxylic acid groups (broad SMARTS) is 1. The molecule has 0 heterocycles. The highest BCUT2D eigenvalue weighted by atomic mass is 16.4. The molecule has 0 saturated carbocycles. The summed E-state index contributed by atoms with van der Waals surface area (Å²) in [6.45, 7) is 4.89. The van der Waals surface area contributed by atoms with Crippen molar-refractivity contribution in [2.24, 2.45) is 0 Å². The van der Waals surface area contributed by atoms with Gasteiger partial charge in [-0.15, -0.1) is 6.42 Å². The third-order valence-corrected chi connectivity index (χ3v) is 2.00. The smallest absolute Gasteiger partial charge is 0.326 e. The molecule has 1 atom stereocenters. The van der Waals surface area contributed by atoms with E-state index in [4.69, 9.17) is 11.5 Å². The zero-order valence-electron chi connectivity index (χ0n) is 9.60. The van der Waals surface area contributed by atoms with Gasteiger partial charge in [-0.25, -0.2) is 4.79 Å². The van der Waals surface area contributed by atoms with Crippen LogP contribution in [-0.2, 0) is 9.59 Å². The van der Waals surface area contributed by atoms with Gasteiger partial charge in [0, 0.05) is 5.70 Å². The van der Waals surface area contributed by atoms with Crippen LogP contribution < -0.4 is 0 Å². The van der Waals surface area contributed by atoms with Crippen molar-refractivity contribution in [1.29, 1.82) is 0 Å². The first-order valence-electron chi connectivity index (χ1n) is 4.81. The van der Waals surface area contributed by atoms with E-state index >= 15 is 0 Å². The molecule has 1 N–H and O–H groups in total. The summed E-state index contributed by atoms with van der Waals surface area (Å²) in [5, 5.41) is 8.90. The second-order valence-corrected chi connectivity index (χ2v) is 3.05. The lowest BCUT2D eigenvalue weighted by Gasteiger charge is -2.25. The first-order valence-corrected chi connectivity index (χ1v) is 4.81. The van der Waals surface area contributed by atoms with E-state index in [1.807, 2.05) is 5.92 Å². The molecule has 0 aliphatic carbocycles. The van der Waals surface area contributed by atoms with Crippen LogP contribution in [0.1, 0.15) is 20.8 Å². The number of carbonyl (C=O) groups excluding carboxylic acids is 1.